The second-order valence-electron chi connectivity index (χ2n) is 3.34. The molecule has 0 rings (SSSR count). The van der Waals surface area contributed by atoms with Gasteiger partial charge in [0, 0.05) is 0 Å². The number of halogens is 2. The van der Waals surface area contributed by atoms with Crippen LogP contribution < -0.4 is 0 Å². The van der Waals surface area contributed by atoms with Gasteiger partial charge in [0.15, 0.2) is 0 Å². The summed E-state index contributed by atoms with van der Waals surface area (Å²) in [5.74, 6) is 0.593. The molecule has 0 radical (unpaired) electrons. The Bertz CT molecular complexity index is 94.1. The summed E-state index contributed by atoms with van der Waals surface area (Å²) >= 11 is 0. The second-order valence-corrected chi connectivity index (χ2v) is 3.34. The number of hydrogen-bond donors (Lipinski definition) is 0. The van der Waals surface area contributed by atoms with Crippen LogP contribution in [0.1, 0.15) is 20.3 Å². The van der Waals surface area contributed by atoms with Crippen molar-refractivity contribution in [3.05, 3.63) is 0 Å². The van der Waals surface area contributed by atoms with Gasteiger partial charge in [-0.15, -0.1) is 0 Å². The predicted octanol–water partition coefficient (Wildman–Crippen LogP) is 2.23. The van der Waals surface area contributed by atoms with Crippen molar-refractivity contribution in [2.75, 3.05) is 20.1 Å². The van der Waals surface area contributed by atoms with E-state index in [1.165, 1.54) is 0 Å². The highest BCUT2D eigenvalue weighted by Crippen LogP contribution is 2.02. The van der Waals surface area contributed by atoms with Crippen LogP contribution in [0.5, 0.6) is 0 Å². The van der Waals surface area contributed by atoms with E-state index in [4.69, 9.17) is 0 Å². The topological polar surface area (TPSA) is 3.24 Å². The van der Waals surface area contributed by atoms with Crippen molar-refractivity contribution >= 4 is 0 Å². The van der Waals surface area contributed by atoms with Crippen LogP contribution in [-0.2, 0) is 0 Å². The van der Waals surface area contributed by atoms with Crippen molar-refractivity contribution < 1.29 is 8.78 Å². The van der Waals surface area contributed by atoms with Crippen LogP contribution in [0.4, 0.5) is 8.78 Å². The fraction of sp³-hybridized carbons (Fsp3) is 1.00. The van der Waals surface area contributed by atoms with Crippen molar-refractivity contribution in [1.29, 1.82) is 0 Å². The highest BCUT2D eigenvalue weighted by atomic mass is 19.3. The molecule has 0 heterocycles. The number of rotatable bonds is 5. The Hall–Kier alpha value is -0.180. The Morgan fingerprint density at radius 2 is 1.82 bits per heavy atom. The van der Waals surface area contributed by atoms with Crippen LogP contribution in [0.25, 0.3) is 0 Å². The second kappa shape index (κ2) is 5.47. The first-order chi connectivity index (χ1) is 5.02. The monoisotopic (exact) mass is 165 g/mol. The predicted molar refractivity (Wildman–Crippen MR) is 43.0 cm³/mol. The quantitative estimate of drug-likeness (QED) is 0.603. The normalized spacial score (nSPS) is 12.0. The highest BCUT2D eigenvalue weighted by molar-refractivity contribution is 4.54. The first kappa shape index (κ1) is 10.8. The molecule has 0 aromatic heterocycles. The lowest BCUT2D eigenvalue weighted by Crippen LogP contribution is -2.26. The third-order valence-electron chi connectivity index (χ3n) is 1.54. The molecule has 0 aliphatic heterocycles. The van der Waals surface area contributed by atoms with Crippen LogP contribution >= 0.6 is 0 Å². The van der Waals surface area contributed by atoms with Crippen molar-refractivity contribution in [3.8, 4) is 0 Å². The van der Waals surface area contributed by atoms with Gasteiger partial charge in [-0.25, -0.2) is 8.78 Å². The number of nitrogens with zero attached hydrogens (tertiary/aromatic N) is 1. The largest absolute Gasteiger partial charge is 0.301 e. The molecule has 0 atom stereocenters. The summed E-state index contributed by atoms with van der Waals surface area (Å²) in [6.07, 6.45) is -1.21. The molecule has 68 valence electrons. The Morgan fingerprint density at radius 1 is 1.27 bits per heavy atom. The van der Waals surface area contributed by atoms with Gasteiger partial charge < -0.3 is 4.90 Å². The fourth-order valence-electron chi connectivity index (χ4n) is 0.805. The molecule has 11 heavy (non-hydrogen) atoms. The van der Waals surface area contributed by atoms with E-state index in [9.17, 15) is 8.78 Å². The van der Waals surface area contributed by atoms with Gasteiger partial charge in [-0.1, -0.05) is 13.8 Å². The molecule has 0 aliphatic carbocycles. The molecule has 3 heteroatoms. The summed E-state index contributed by atoms with van der Waals surface area (Å²) in [4.78, 5) is 1.67. The van der Waals surface area contributed by atoms with Gasteiger partial charge in [0.2, 0.25) is 0 Å². The molecule has 0 amide bonds. The Labute approximate surface area is 67.4 Å². The molecule has 0 bridgehead atoms. The average molecular weight is 165 g/mol. The summed E-state index contributed by atoms with van der Waals surface area (Å²) in [6.45, 7) is 4.85. The maximum absolute atomic E-state index is 11.8. The summed E-state index contributed by atoms with van der Waals surface area (Å²) in [5.41, 5.74) is 0. The molecular weight excluding hydrogens is 148 g/mol. The van der Waals surface area contributed by atoms with Gasteiger partial charge in [0.1, 0.15) is 0 Å². The van der Waals surface area contributed by atoms with Crippen LogP contribution in [-0.4, -0.2) is 31.5 Å². The van der Waals surface area contributed by atoms with E-state index in [1.807, 2.05) is 0 Å². The minimum Gasteiger partial charge on any atom is -0.301 e. The van der Waals surface area contributed by atoms with Crippen molar-refractivity contribution in [3.63, 3.8) is 0 Å². The summed E-state index contributed by atoms with van der Waals surface area (Å²) in [7, 11) is 1.73. The maximum Gasteiger partial charge on any atom is 0.251 e. The third-order valence-corrected chi connectivity index (χ3v) is 1.54. The Kier molecular flexibility index (Phi) is 5.38. The molecule has 0 unspecified atom stereocenters. The van der Waals surface area contributed by atoms with E-state index in [0.717, 1.165) is 13.0 Å². The van der Waals surface area contributed by atoms with Gasteiger partial charge in [-0.2, -0.15) is 0 Å². The van der Waals surface area contributed by atoms with E-state index < -0.39 is 6.43 Å². The van der Waals surface area contributed by atoms with Gasteiger partial charge in [-0.05, 0) is 25.9 Å². The lowest BCUT2D eigenvalue weighted by atomic mass is 10.1. The van der Waals surface area contributed by atoms with Crippen LogP contribution in [0.3, 0.4) is 0 Å². The first-order valence-electron chi connectivity index (χ1n) is 3.99. The van der Waals surface area contributed by atoms with Crippen molar-refractivity contribution in [1.82, 2.24) is 4.90 Å². The Balaban J connectivity index is 3.29. The summed E-state index contributed by atoms with van der Waals surface area (Å²) in [6, 6.07) is 0. The standard InChI is InChI=1S/C8H17F2N/c1-7(2)4-5-11(3)6-8(9)10/h7-8H,4-6H2,1-3H3. The Morgan fingerprint density at radius 3 is 2.18 bits per heavy atom. The molecule has 0 N–H and O–H groups in total. The fourth-order valence-corrected chi connectivity index (χ4v) is 0.805. The summed E-state index contributed by atoms with van der Waals surface area (Å²) in [5, 5.41) is 0. The number of hydrogen-bond acceptors (Lipinski definition) is 1. The minimum atomic E-state index is -2.20. The molecule has 0 aromatic carbocycles. The zero-order valence-corrected chi connectivity index (χ0v) is 7.48. The summed E-state index contributed by atoms with van der Waals surface area (Å²) < 4.78 is 23.5. The molecule has 0 aliphatic rings. The van der Waals surface area contributed by atoms with Crippen LogP contribution in [0.2, 0.25) is 0 Å². The molecule has 0 spiro atoms. The van der Waals surface area contributed by atoms with E-state index in [2.05, 4.69) is 13.8 Å². The molecule has 0 saturated heterocycles. The minimum absolute atomic E-state index is 0.104. The van der Waals surface area contributed by atoms with Gasteiger partial charge in [0.05, 0.1) is 6.54 Å². The van der Waals surface area contributed by atoms with Crippen molar-refractivity contribution in [2.45, 2.75) is 26.7 Å². The molecule has 1 nitrogen and oxygen atoms in total. The third kappa shape index (κ3) is 7.72. The lowest BCUT2D eigenvalue weighted by molar-refractivity contribution is 0.0983. The lowest BCUT2D eigenvalue weighted by Gasteiger charge is -2.16. The molecular formula is C8H17F2N. The SMILES string of the molecule is CC(C)CCN(C)CC(F)F. The average Bonchev–Trinajstić information content (AvgIpc) is 1.82. The maximum atomic E-state index is 11.8. The zero-order chi connectivity index (χ0) is 8.85. The molecule has 0 aromatic rings. The molecule has 0 fully saturated rings. The first-order valence-corrected chi connectivity index (χ1v) is 3.99. The van der Waals surface area contributed by atoms with Gasteiger partial charge in [-0.3, -0.25) is 0 Å². The smallest absolute Gasteiger partial charge is 0.251 e. The van der Waals surface area contributed by atoms with Crippen molar-refractivity contribution in [2.24, 2.45) is 5.92 Å². The highest BCUT2D eigenvalue weighted by Gasteiger charge is 2.07. The van der Waals surface area contributed by atoms with Gasteiger partial charge in [0.25, 0.3) is 6.43 Å². The van der Waals surface area contributed by atoms with E-state index in [1.54, 1.807) is 11.9 Å². The van der Waals surface area contributed by atoms with Crippen LogP contribution in [0.15, 0.2) is 0 Å². The molecule has 0 saturated carbocycles. The van der Waals surface area contributed by atoms with Gasteiger partial charge >= 0.3 is 0 Å². The van der Waals surface area contributed by atoms with E-state index >= 15 is 0 Å². The van der Waals surface area contributed by atoms with E-state index in [0.29, 0.717) is 5.92 Å². The zero-order valence-electron chi connectivity index (χ0n) is 7.48. The number of alkyl halides is 2. The van der Waals surface area contributed by atoms with E-state index in [-0.39, 0.29) is 6.54 Å². The van der Waals surface area contributed by atoms with Crippen LogP contribution in [0, 0.1) is 5.92 Å².